The van der Waals surface area contributed by atoms with Crippen LogP contribution in [0.1, 0.15) is 29.8 Å². The maximum Gasteiger partial charge on any atom is 0.254 e. The highest BCUT2D eigenvalue weighted by atomic mass is 79.9. The van der Waals surface area contributed by atoms with Gasteiger partial charge in [0, 0.05) is 22.8 Å². The minimum absolute atomic E-state index is 0.0672. The van der Waals surface area contributed by atoms with Gasteiger partial charge in [-0.25, -0.2) is 0 Å². The molecule has 0 fully saturated rings. The molecule has 0 aromatic heterocycles. The molecule has 2 aromatic rings. The van der Waals surface area contributed by atoms with Gasteiger partial charge in [0.25, 0.3) is 5.91 Å². The lowest BCUT2D eigenvalue weighted by Gasteiger charge is -2.19. The molecule has 0 atom stereocenters. The van der Waals surface area contributed by atoms with E-state index in [4.69, 9.17) is 9.47 Å². The van der Waals surface area contributed by atoms with Crippen molar-refractivity contribution in [2.45, 2.75) is 20.8 Å². The van der Waals surface area contributed by atoms with Gasteiger partial charge in [0.2, 0.25) is 5.91 Å². The number of nitrogens with one attached hydrogen (secondary N) is 1. The van der Waals surface area contributed by atoms with Crippen LogP contribution in [0.15, 0.2) is 40.9 Å². The first-order valence-electron chi connectivity index (χ1n) is 9.33. The Morgan fingerprint density at radius 2 is 1.86 bits per heavy atom. The molecule has 7 heteroatoms. The molecule has 0 aliphatic heterocycles. The quantitative estimate of drug-likeness (QED) is 0.626. The average Bonchev–Trinajstić information content (AvgIpc) is 2.67. The van der Waals surface area contributed by atoms with Gasteiger partial charge in [0.1, 0.15) is 0 Å². The minimum Gasteiger partial charge on any atom is -0.493 e. The number of carbonyl (C=O) groups excluding carboxylic acids is 2. The van der Waals surface area contributed by atoms with Gasteiger partial charge in [0.15, 0.2) is 11.5 Å². The number of rotatable bonds is 8. The first-order chi connectivity index (χ1) is 13.7. The highest BCUT2D eigenvalue weighted by Crippen LogP contribution is 2.29. The number of benzene rings is 2. The number of methoxy groups -OCH3 is 1. The van der Waals surface area contributed by atoms with Gasteiger partial charge in [-0.05, 0) is 54.8 Å². The maximum absolute atomic E-state index is 12.7. The molecule has 0 heterocycles. The van der Waals surface area contributed by atoms with E-state index in [1.165, 1.54) is 12.0 Å². The number of likely N-dealkylation sites (N-methyl/N-ethyl adjacent to an activating group) is 1. The van der Waals surface area contributed by atoms with E-state index in [-0.39, 0.29) is 18.4 Å². The number of halogens is 1. The van der Waals surface area contributed by atoms with Crippen LogP contribution >= 0.6 is 15.9 Å². The average molecular weight is 463 g/mol. The Kier molecular flexibility index (Phi) is 8.08. The maximum atomic E-state index is 12.7. The van der Waals surface area contributed by atoms with Gasteiger partial charge >= 0.3 is 0 Å². The Morgan fingerprint density at radius 1 is 1.14 bits per heavy atom. The third-order valence-corrected chi connectivity index (χ3v) is 4.67. The zero-order chi connectivity index (χ0) is 21.6. The Bertz CT molecular complexity index is 883. The molecule has 0 aliphatic rings. The topological polar surface area (TPSA) is 67.9 Å². The molecule has 0 radical (unpaired) electrons. The highest BCUT2D eigenvalue weighted by molar-refractivity contribution is 9.10. The van der Waals surface area contributed by atoms with Crippen molar-refractivity contribution in [2.24, 2.45) is 5.92 Å². The van der Waals surface area contributed by atoms with Crippen LogP contribution in [0.2, 0.25) is 0 Å². The summed E-state index contributed by atoms with van der Waals surface area (Å²) >= 11 is 3.40. The molecule has 0 saturated heterocycles. The van der Waals surface area contributed by atoms with E-state index < -0.39 is 0 Å². The van der Waals surface area contributed by atoms with Crippen LogP contribution in [0.5, 0.6) is 11.5 Å². The lowest BCUT2D eigenvalue weighted by molar-refractivity contribution is -0.116. The second-order valence-corrected chi connectivity index (χ2v) is 8.15. The summed E-state index contributed by atoms with van der Waals surface area (Å²) in [7, 11) is 3.12. The van der Waals surface area contributed by atoms with E-state index in [0.29, 0.717) is 35.3 Å². The first kappa shape index (κ1) is 22.7. The normalized spacial score (nSPS) is 10.6. The van der Waals surface area contributed by atoms with Crippen molar-refractivity contribution >= 4 is 33.4 Å². The number of hydrogen-bond acceptors (Lipinski definition) is 4. The van der Waals surface area contributed by atoms with Gasteiger partial charge < -0.3 is 19.7 Å². The van der Waals surface area contributed by atoms with Crippen molar-refractivity contribution in [2.75, 3.05) is 32.6 Å². The van der Waals surface area contributed by atoms with E-state index in [2.05, 4.69) is 35.1 Å². The SMILES string of the molecule is COc1cc(C(=O)N(C)CC(=O)Nc2ccc(Br)cc2C)ccc1OCC(C)C. The monoisotopic (exact) mass is 462 g/mol. The molecule has 0 saturated carbocycles. The number of nitrogens with zero attached hydrogens (tertiary/aromatic N) is 1. The van der Waals surface area contributed by atoms with Crippen LogP contribution in [-0.4, -0.2) is 44.0 Å². The number of ether oxygens (including phenoxy) is 2. The summed E-state index contributed by atoms with van der Waals surface area (Å²) in [6.07, 6.45) is 0. The predicted octanol–water partition coefficient (Wildman–Crippen LogP) is 4.51. The van der Waals surface area contributed by atoms with Crippen LogP contribution in [0.25, 0.3) is 0 Å². The van der Waals surface area contributed by atoms with Crippen molar-refractivity contribution in [3.8, 4) is 11.5 Å². The fourth-order valence-corrected chi connectivity index (χ4v) is 3.12. The van der Waals surface area contributed by atoms with Crippen LogP contribution in [0.3, 0.4) is 0 Å². The fourth-order valence-electron chi connectivity index (χ4n) is 2.64. The van der Waals surface area contributed by atoms with Crippen molar-refractivity contribution < 1.29 is 19.1 Å². The third kappa shape index (κ3) is 6.49. The molecular formula is C22H27BrN2O4. The summed E-state index contributed by atoms with van der Waals surface area (Å²) in [5.41, 5.74) is 2.07. The molecule has 156 valence electrons. The van der Waals surface area contributed by atoms with Crippen LogP contribution in [-0.2, 0) is 4.79 Å². The Morgan fingerprint density at radius 3 is 2.48 bits per heavy atom. The van der Waals surface area contributed by atoms with E-state index in [1.54, 1.807) is 25.2 Å². The number of hydrogen-bond donors (Lipinski definition) is 1. The van der Waals surface area contributed by atoms with E-state index in [0.717, 1.165) is 10.0 Å². The lowest BCUT2D eigenvalue weighted by atomic mass is 10.1. The number of amides is 2. The molecule has 2 rings (SSSR count). The van der Waals surface area contributed by atoms with Crippen molar-refractivity contribution in [1.82, 2.24) is 4.90 Å². The molecule has 0 aliphatic carbocycles. The molecule has 2 aromatic carbocycles. The largest absolute Gasteiger partial charge is 0.493 e. The summed E-state index contributed by atoms with van der Waals surface area (Å²) in [6.45, 7) is 6.51. The number of aryl methyl sites for hydroxylation is 1. The summed E-state index contributed by atoms with van der Waals surface area (Å²) in [4.78, 5) is 26.5. The zero-order valence-electron chi connectivity index (χ0n) is 17.4. The third-order valence-electron chi connectivity index (χ3n) is 4.17. The molecule has 29 heavy (non-hydrogen) atoms. The van der Waals surface area contributed by atoms with Gasteiger partial charge in [-0.1, -0.05) is 29.8 Å². The second kappa shape index (κ2) is 10.3. The lowest BCUT2D eigenvalue weighted by Crippen LogP contribution is -2.35. The first-order valence-corrected chi connectivity index (χ1v) is 10.1. The van der Waals surface area contributed by atoms with Crippen LogP contribution in [0.4, 0.5) is 5.69 Å². The van der Waals surface area contributed by atoms with E-state index >= 15 is 0 Å². The number of carbonyl (C=O) groups is 2. The van der Waals surface area contributed by atoms with Gasteiger partial charge in [0.05, 0.1) is 20.3 Å². The van der Waals surface area contributed by atoms with Crippen molar-refractivity contribution in [3.05, 3.63) is 52.0 Å². The van der Waals surface area contributed by atoms with Crippen molar-refractivity contribution in [3.63, 3.8) is 0 Å². The molecule has 0 bridgehead atoms. The Labute approximate surface area is 180 Å². The predicted molar refractivity (Wildman–Crippen MR) is 118 cm³/mol. The highest BCUT2D eigenvalue weighted by Gasteiger charge is 2.18. The smallest absolute Gasteiger partial charge is 0.254 e. The minimum atomic E-state index is -0.276. The van der Waals surface area contributed by atoms with E-state index in [1.807, 2.05) is 25.1 Å². The summed E-state index contributed by atoms with van der Waals surface area (Å²) < 4.78 is 12.0. The van der Waals surface area contributed by atoms with E-state index in [9.17, 15) is 9.59 Å². The Balaban J connectivity index is 2.04. The molecule has 6 nitrogen and oxygen atoms in total. The van der Waals surface area contributed by atoms with Gasteiger partial charge in [-0.2, -0.15) is 0 Å². The van der Waals surface area contributed by atoms with Gasteiger partial charge in [-0.3, -0.25) is 9.59 Å². The fraction of sp³-hybridized carbons (Fsp3) is 0.364. The van der Waals surface area contributed by atoms with Crippen LogP contribution < -0.4 is 14.8 Å². The van der Waals surface area contributed by atoms with Crippen molar-refractivity contribution in [1.29, 1.82) is 0 Å². The molecular weight excluding hydrogens is 436 g/mol. The summed E-state index contributed by atoms with van der Waals surface area (Å²) in [5.74, 6) is 0.903. The van der Waals surface area contributed by atoms with Gasteiger partial charge in [-0.15, -0.1) is 0 Å². The molecule has 1 N–H and O–H groups in total. The second-order valence-electron chi connectivity index (χ2n) is 7.24. The standard InChI is InChI=1S/C22H27BrN2O4/c1-14(2)13-29-19-9-6-16(11-20(19)28-5)22(27)25(4)12-21(26)24-18-8-7-17(23)10-15(18)3/h6-11,14H,12-13H2,1-5H3,(H,24,26). The number of anilines is 1. The van der Waals surface area contributed by atoms with Crippen LogP contribution in [0, 0.1) is 12.8 Å². The molecule has 0 spiro atoms. The Hall–Kier alpha value is -2.54. The summed E-state index contributed by atoms with van der Waals surface area (Å²) in [6, 6.07) is 10.6. The molecule has 2 amide bonds. The summed E-state index contributed by atoms with van der Waals surface area (Å²) in [5, 5.41) is 2.84. The zero-order valence-corrected chi connectivity index (χ0v) is 19.0. The molecule has 0 unspecified atom stereocenters.